The Bertz CT molecular complexity index is 1130. The van der Waals surface area contributed by atoms with Crippen LogP contribution in [0.2, 0.25) is 0 Å². The molecule has 3 aromatic rings. The number of furan rings is 1. The average Bonchev–Trinajstić information content (AvgIpc) is 3.49. The van der Waals surface area contributed by atoms with Crippen molar-refractivity contribution in [1.82, 2.24) is 19.6 Å². The normalized spacial score (nSPS) is 16.2. The molecule has 3 heterocycles. The van der Waals surface area contributed by atoms with Crippen LogP contribution in [0, 0.1) is 0 Å². The molecule has 2 aromatic heterocycles. The van der Waals surface area contributed by atoms with E-state index in [0.29, 0.717) is 25.3 Å². The Morgan fingerprint density at radius 3 is 2.61 bits per heavy atom. The van der Waals surface area contributed by atoms with Gasteiger partial charge in [0.2, 0.25) is 5.09 Å². The summed E-state index contributed by atoms with van der Waals surface area (Å²) in [6.45, 7) is 2.89. The second-order valence-corrected chi connectivity index (χ2v) is 9.43. The van der Waals surface area contributed by atoms with E-state index in [4.69, 9.17) is 4.42 Å². The fourth-order valence-corrected chi connectivity index (χ4v) is 5.11. The number of carbonyl (C=O) groups excluding carboxylic acids is 1. The van der Waals surface area contributed by atoms with Crippen molar-refractivity contribution in [2.75, 3.05) is 13.1 Å². The Morgan fingerprint density at radius 2 is 1.90 bits per heavy atom. The van der Waals surface area contributed by atoms with E-state index in [1.807, 2.05) is 37.3 Å². The molecule has 31 heavy (non-hydrogen) atoms. The Labute approximate surface area is 181 Å². The van der Waals surface area contributed by atoms with E-state index >= 15 is 0 Å². The van der Waals surface area contributed by atoms with E-state index in [2.05, 4.69) is 15.3 Å². The van der Waals surface area contributed by atoms with Crippen LogP contribution in [0.25, 0.3) is 11.3 Å². The second kappa shape index (κ2) is 9.07. The van der Waals surface area contributed by atoms with Gasteiger partial charge in [0, 0.05) is 13.1 Å². The zero-order chi connectivity index (χ0) is 21.8. The first-order valence-electron chi connectivity index (χ1n) is 10.5. The smallest absolute Gasteiger partial charge is 0.287 e. The first-order chi connectivity index (χ1) is 15.0. The number of hydrogen-bond donors (Lipinski definition) is 2. The number of piperidine rings is 1. The van der Waals surface area contributed by atoms with Crippen LogP contribution in [-0.4, -0.2) is 41.7 Å². The highest BCUT2D eigenvalue weighted by Crippen LogP contribution is 2.24. The molecule has 1 aliphatic heterocycles. The number of rotatable bonds is 7. The average molecular weight is 443 g/mol. The molecule has 0 radical (unpaired) electrons. The first kappa shape index (κ1) is 21.3. The van der Waals surface area contributed by atoms with E-state index in [-0.39, 0.29) is 16.9 Å². The van der Waals surface area contributed by atoms with Gasteiger partial charge >= 0.3 is 0 Å². The molecule has 0 saturated carbocycles. The number of sulfonamides is 1. The van der Waals surface area contributed by atoms with Crippen LogP contribution in [-0.2, 0) is 10.0 Å². The largest absolute Gasteiger partial charge is 0.438 e. The van der Waals surface area contributed by atoms with Crippen molar-refractivity contribution in [3.8, 4) is 11.3 Å². The van der Waals surface area contributed by atoms with Gasteiger partial charge < -0.3 is 14.7 Å². The maximum absolute atomic E-state index is 12.7. The summed E-state index contributed by atoms with van der Waals surface area (Å²) in [5.41, 5.74) is 1.86. The van der Waals surface area contributed by atoms with E-state index in [0.717, 1.165) is 30.5 Å². The molecule has 2 N–H and O–H groups in total. The van der Waals surface area contributed by atoms with Crippen molar-refractivity contribution >= 4 is 15.9 Å². The predicted octanol–water partition coefficient (Wildman–Crippen LogP) is 3.73. The minimum atomic E-state index is -3.72. The molecule has 0 aliphatic carbocycles. The molecule has 0 spiro atoms. The number of aromatic nitrogens is 2. The molecule has 1 saturated heterocycles. The Balaban J connectivity index is 1.47. The van der Waals surface area contributed by atoms with Crippen molar-refractivity contribution in [2.24, 2.45) is 0 Å². The minimum absolute atomic E-state index is 0.0381. The number of benzene rings is 1. The molecule has 9 heteroatoms. The quantitative estimate of drug-likeness (QED) is 0.580. The van der Waals surface area contributed by atoms with Crippen molar-refractivity contribution < 1.29 is 17.6 Å². The highest BCUT2D eigenvalue weighted by Gasteiger charge is 2.30. The van der Waals surface area contributed by atoms with E-state index in [1.165, 1.54) is 16.4 Å². The van der Waals surface area contributed by atoms with Crippen LogP contribution in [0.4, 0.5) is 0 Å². The zero-order valence-corrected chi connectivity index (χ0v) is 18.2. The van der Waals surface area contributed by atoms with Gasteiger partial charge in [0.15, 0.2) is 5.76 Å². The van der Waals surface area contributed by atoms with Gasteiger partial charge in [0.05, 0.1) is 17.9 Å². The van der Waals surface area contributed by atoms with Gasteiger partial charge in [-0.3, -0.25) is 4.79 Å². The molecule has 1 aromatic carbocycles. The lowest BCUT2D eigenvalue weighted by Gasteiger charge is -2.24. The molecule has 1 unspecified atom stereocenters. The fourth-order valence-electron chi connectivity index (χ4n) is 3.68. The minimum Gasteiger partial charge on any atom is -0.438 e. The molecule has 0 bridgehead atoms. The fraction of sp³-hybridized carbons (Fsp3) is 0.364. The molecule has 4 rings (SSSR count). The number of carbonyl (C=O) groups is 1. The van der Waals surface area contributed by atoms with Gasteiger partial charge in [-0.25, -0.2) is 13.4 Å². The molecule has 164 valence electrons. The summed E-state index contributed by atoms with van der Waals surface area (Å²) < 4.78 is 32.4. The molecule has 1 fully saturated rings. The maximum atomic E-state index is 12.7. The Hall–Kier alpha value is -2.91. The van der Waals surface area contributed by atoms with Gasteiger partial charge in [-0.2, -0.15) is 4.31 Å². The lowest BCUT2D eigenvalue weighted by atomic mass is 10.2. The van der Waals surface area contributed by atoms with E-state index < -0.39 is 15.9 Å². The predicted molar refractivity (Wildman–Crippen MR) is 116 cm³/mol. The lowest BCUT2D eigenvalue weighted by molar-refractivity contribution is 0.0900. The Morgan fingerprint density at radius 1 is 1.16 bits per heavy atom. The molecule has 8 nitrogen and oxygen atoms in total. The molecule has 1 atom stereocenters. The van der Waals surface area contributed by atoms with Gasteiger partial charge in [0.1, 0.15) is 5.82 Å². The number of imidazole rings is 1. The van der Waals surface area contributed by atoms with Crippen LogP contribution in [0.5, 0.6) is 0 Å². The van der Waals surface area contributed by atoms with Gasteiger partial charge in [-0.05, 0) is 37.0 Å². The molecular weight excluding hydrogens is 416 g/mol. The first-order valence-corrected chi connectivity index (χ1v) is 11.9. The number of H-pyrrole nitrogens is 1. The van der Waals surface area contributed by atoms with Gasteiger partial charge in [-0.15, -0.1) is 0 Å². The SMILES string of the molecule is CCC(NC(=O)c1ccc(S(=O)(=O)N2CCCCC2)o1)c1ncc(-c2ccccc2)[nH]1. The maximum Gasteiger partial charge on any atom is 0.287 e. The number of hydrogen-bond acceptors (Lipinski definition) is 5. The van der Waals surface area contributed by atoms with Crippen LogP contribution < -0.4 is 5.32 Å². The summed E-state index contributed by atoms with van der Waals surface area (Å²) in [4.78, 5) is 20.4. The summed E-state index contributed by atoms with van der Waals surface area (Å²) in [6, 6.07) is 12.2. The van der Waals surface area contributed by atoms with Crippen LogP contribution in [0.15, 0.2) is 58.2 Å². The summed E-state index contributed by atoms with van der Waals surface area (Å²) in [7, 11) is -3.72. The highest BCUT2D eigenvalue weighted by atomic mass is 32.2. The van der Waals surface area contributed by atoms with Crippen LogP contribution in [0.1, 0.15) is 55.0 Å². The summed E-state index contributed by atoms with van der Waals surface area (Å²) in [6.07, 6.45) is 5.02. The third-order valence-corrected chi connectivity index (χ3v) is 7.21. The van der Waals surface area contributed by atoms with Crippen molar-refractivity contribution in [3.63, 3.8) is 0 Å². The number of amides is 1. The van der Waals surface area contributed by atoms with E-state index in [1.54, 1.807) is 6.20 Å². The standard InChI is InChI=1S/C22H26N4O4S/c1-2-17(21-23-15-18(24-21)16-9-5-3-6-10-16)25-22(27)19-11-12-20(30-19)31(28,29)26-13-7-4-8-14-26/h3,5-6,9-12,15,17H,2,4,7-8,13-14H2,1H3,(H,23,24)(H,25,27). The molecule has 1 aliphatic rings. The van der Waals surface area contributed by atoms with Crippen molar-refractivity contribution in [1.29, 1.82) is 0 Å². The lowest BCUT2D eigenvalue weighted by Crippen LogP contribution is -2.35. The van der Waals surface area contributed by atoms with Gasteiger partial charge in [0.25, 0.3) is 15.9 Å². The summed E-state index contributed by atoms with van der Waals surface area (Å²) in [5, 5.41) is 2.68. The topological polar surface area (TPSA) is 108 Å². The van der Waals surface area contributed by atoms with E-state index in [9.17, 15) is 13.2 Å². The number of nitrogens with one attached hydrogen (secondary N) is 2. The zero-order valence-electron chi connectivity index (χ0n) is 17.4. The number of nitrogens with zero attached hydrogens (tertiary/aromatic N) is 2. The second-order valence-electron chi connectivity index (χ2n) is 7.57. The van der Waals surface area contributed by atoms with Crippen molar-refractivity contribution in [2.45, 2.75) is 43.7 Å². The number of aromatic amines is 1. The Kier molecular flexibility index (Phi) is 6.24. The molecular formula is C22H26N4O4S. The van der Waals surface area contributed by atoms with Crippen LogP contribution >= 0.6 is 0 Å². The van der Waals surface area contributed by atoms with Crippen LogP contribution in [0.3, 0.4) is 0 Å². The van der Waals surface area contributed by atoms with Crippen molar-refractivity contribution in [3.05, 3.63) is 60.2 Å². The monoisotopic (exact) mass is 442 g/mol. The van der Waals surface area contributed by atoms with Gasteiger partial charge in [-0.1, -0.05) is 43.7 Å². The third-order valence-electron chi connectivity index (χ3n) is 5.44. The summed E-state index contributed by atoms with van der Waals surface area (Å²) in [5.74, 6) is 0.107. The summed E-state index contributed by atoms with van der Waals surface area (Å²) >= 11 is 0. The highest BCUT2D eigenvalue weighted by molar-refractivity contribution is 7.89. The third kappa shape index (κ3) is 4.57. The molecule has 1 amide bonds.